The van der Waals surface area contributed by atoms with Gasteiger partial charge in [0, 0.05) is 24.4 Å². The van der Waals surface area contributed by atoms with Crippen LogP contribution in [0, 0.1) is 0 Å². The molecule has 1 unspecified atom stereocenters. The molecule has 0 spiro atoms. The molecule has 134 valence electrons. The van der Waals surface area contributed by atoms with E-state index in [-0.39, 0.29) is 6.10 Å². The second-order valence-corrected chi connectivity index (χ2v) is 6.68. The Morgan fingerprint density at radius 2 is 2.04 bits per heavy atom. The third kappa shape index (κ3) is 2.87. The minimum absolute atomic E-state index is 0.227. The summed E-state index contributed by atoms with van der Waals surface area (Å²) in [6, 6.07) is 16.1. The minimum atomic E-state index is 0.227. The van der Waals surface area contributed by atoms with E-state index >= 15 is 0 Å². The van der Waals surface area contributed by atoms with Crippen molar-refractivity contribution in [3.8, 4) is 22.8 Å². The standard InChI is InChI=1S/C20H18N6O/c1-14-11-16-12-15(7-8-18(16)27-14)20-21-9-10-25(20)13-19-22-23-24-26(19)17-5-3-2-4-6-17/h2-10,12,14H,11,13H2,1H3. The summed E-state index contributed by atoms with van der Waals surface area (Å²) in [5, 5.41) is 12.2. The van der Waals surface area contributed by atoms with Gasteiger partial charge in [0.15, 0.2) is 5.82 Å². The zero-order valence-corrected chi connectivity index (χ0v) is 14.9. The van der Waals surface area contributed by atoms with Crippen LogP contribution >= 0.6 is 0 Å². The Balaban J connectivity index is 1.48. The fourth-order valence-electron chi connectivity index (χ4n) is 3.48. The molecule has 4 aromatic rings. The lowest BCUT2D eigenvalue weighted by Gasteiger charge is -2.09. The zero-order chi connectivity index (χ0) is 18.2. The van der Waals surface area contributed by atoms with Gasteiger partial charge in [-0.25, -0.2) is 4.98 Å². The summed E-state index contributed by atoms with van der Waals surface area (Å²) >= 11 is 0. The highest BCUT2D eigenvalue weighted by molar-refractivity contribution is 5.60. The molecule has 1 atom stereocenters. The number of hydrogen-bond donors (Lipinski definition) is 0. The van der Waals surface area contributed by atoms with Crippen LogP contribution in [0.15, 0.2) is 60.9 Å². The molecule has 27 heavy (non-hydrogen) atoms. The largest absolute Gasteiger partial charge is 0.490 e. The summed E-state index contributed by atoms with van der Waals surface area (Å²) < 4.78 is 9.62. The minimum Gasteiger partial charge on any atom is -0.490 e. The van der Waals surface area contributed by atoms with Gasteiger partial charge in [0.2, 0.25) is 0 Å². The summed E-state index contributed by atoms with van der Waals surface area (Å²) in [5.74, 6) is 2.61. The molecule has 7 nitrogen and oxygen atoms in total. The molecule has 1 aliphatic rings. The van der Waals surface area contributed by atoms with Crippen molar-refractivity contribution in [3.63, 3.8) is 0 Å². The van der Waals surface area contributed by atoms with Crippen molar-refractivity contribution in [3.05, 3.63) is 72.3 Å². The summed E-state index contributed by atoms with van der Waals surface area (Å²) in [5.41, 5.74) is 3.22. The van der Waals surface area contributed by atoms with Gasteiger partial charge < -0.3 is 9.30 Å². The molecule has 7 heteroatoms. The van der Waals surface area contributed by atoms with Crippen molar-refractivity contribution in [2.24, 2.45) is 0 Å². The van der Waals surface area contributed by atoms with Crippen LogP contribution in [-0.4, -0.2) is 35.9 Å². The lowest BCUT2D eigenvalue weighted by molar-refractivity contribution is 0.254. The van der Waals surface area contributed by atoms with Crippen molar-refractivity contribution in [2.45, 2.75) is 26.0 Å². The molecule has 0 saturated carbocycles. The van der Waals surface area contributed by atoms with Gasteiger partial charge >= 0.3 is 0 Å². The Labute approximate surface area is 156 Å². The lowest BCUT2D eigenvalue weighted by Crippen LogP contribution is -2.09. The van der Waals surface area contributed by atoms with Crippen molar-refractivity contribution in [1.29, 1.82) is 0 Å². The van der Waals surface area contributed by atoms with Crippen molar-refractivity contribution >= 4 is 0 Å². The molecule has 0 radical (unpaired) electrons. The Kier molecular flexibility index (Phi) is 3.71. The number of hydrogen-bond acceptors (Lipinski definition) is 5. The van der Waals surface area contributed by atoms with Crippen molar-refractivity contribution in [1.82, 2.24) is 29.8 Å². The Bertz CT molecular complexity index is 1080. The monoisotopic (exact) mass is 358 g/mol. The quantitative estimate of drug-likeness (QED) is 0.561. The SMILES string of the molecule is CC1Cc2cc(-c3nccn3Cc3nnnn3-c3ccccc3)ccc2O1. The zero-order valence-electron chi connectivity index (χ0n) is 14.9. The van der Waals surface area contributed by atoms with Gasteiger partial charge in [-0.1, -0.05) is 18.2 Å². The highest BCUT2D eigenvalue weighted by atomic mass is 16.5. The van der Waals surface area contributed by atoms with E-state index in [1.54, 1.807) is 10.9 Å². The van der Waals surface area contributed by atoms with E-state index in [0.717, 1.165) is 35.1 Å². The molecule has 2 aromatic carbocycles. The molecule has 3 heterocycles. The molecule has 0 aliphatic carbocycles. The predicted octanol–water partition coefficient (Wildman–Crippen LogP) is 2.90. The number of tetrazole rings is 1. The molecule has 0 bridgehead atoms. The Hall–Kier alpha value is -3.48. The number of nitrogens with zero attached hydrogens (tertiary/aromatic N) is 6. The van der Waals surface area contributed by atoms with E-state index in [1.807, 2.05) is 42.6 Å². The van der Waals surface area contributed by atoms with Crippen LogP contribution in [0.2, 0.25) is 0 Å². The molecule has 2 aromatic heterocycles. The van der Waals surface area contributed by atoms with Gasteiger partial charge in [0.1, 0.15) is 17.7 Å². The maximum Gasteiger partial charge on any atom is 0.176 e. The maximum absolute atomic E-state index is 5.80. The summed E-state index contributed by atoms with van der Waals surface area (Å²) in [6.07, 6.45) is 4.91. The maximum atomic E-state index is 5.80. The van der Waals surface area contributed by atoms with Gasteiger partial charge in [-0.2, -0.15) is 4.68 Å². The number of aromatic nitrogens is 6. The fourth-order valence-corrected chi connectivity index (χ4v) is 3.48. The second kappa shape index (κ2) is 6.35. The third-order valence-electron chi connectivity index (χ3n) is 4.72. The van der Waals surface area contributed by atoms with E-state index in [0.29, 0.717) is 6.54 Å². The van der Waals surface area contributed by atoms with Gasteiger partial charge in [0.25, 0.3) is 0 Å². The van der Waals surface area contributed by atoms with E-state index in [1.165, 1.54) is 5.56 Å². The van der Waals surface area contributed by atoms with Crippen molar-refractivity contribution < 1.29 is 4.74 Å². The number of fused-ring (bicyclic) bond motifs is 1. The fraction of sp³-hybridized carbons (Fsp3) is 0.200. The predicted molar refractivity (Wildman–Crippen MR) is 99.7 cm³/mol. The Morgan fingerprint density at radius 1 is 1.15 bits per heavy atom. The average molecular weight is 358 g/mol. The number of benzene rings is 2. The van der Waals surface area contributed by atoms with Gasteiger partial charge in [-0.05, 0) is 53.2 Å². The lowest BCUT2D eigenvalue weighted by atomic mass is 10.1. The van der Waals surface area contributed by atoms with Crippen LogP contribution in [0.25, 0.3) is 17.1 Å². The van der Waals surface area contributed by atoms with E-state index < -0.39 is 0 Å². The highest BCUT2D eigenvalue weighted by Crippen LogP contribution is 2.32. The molecule has 5 rings (SSSR count). The summed E-state index contributed by atoms with van der Waals surface area (Å²) in [7, 11) is 0. The van der Waals surface area contributed by atoms with E-state index in [2.05, 4.69) is 44.1 Å². The van der Waals surface area contributed by atoms with Crippen LogP contribution in [0.3, 0.4) is 0 Å². The second-order valence-electron chi connectivity index (χ2n) is 6.68. The van der Waals surface area contributed by atoms with Gasteiger partial charge in [0.05, 0.1) is 12.2 Å². The Morgan fingerprint density at radius 3 is 2.93 bits per heavy atom. The van der Waals surface area contributed by atoms with Crippen LogP contribution in [-0.2, 0) is 13.0 Å². The first-order chi connectivity index (χ1) is 13.3. The van der Waals surface area contributed by atoms with Crippen LogP contribution in [0.5, 0.6) is 5.75 Å². The molecule has 0 amide bonds. The molecule has 0 saturated heterocycles. The normalized spacial score (nSPS) is 15.5. The van der Waals surface area contributed by atoms with E-state index in [9.17, 15) is 0 Å². The van der Waals surface area contributed by atoms with Crippen LogP contribution in [0.4, 0.5) is 0 Å². The molecular weight excluding hydrogens is 340 g/mol. The average Bonchev–Trinajstić information content (AvgIpc) is 3.41. The molecule has 0 N–H and O–H groups in total. The first-order valence-electron chi connectivity index (χ1n) is 8.92. The summed E-state index contributed by atoms with van der Waals surface area (Å²) in [4.78, 5) is 4.56. The summed E-state index contributed by atoms with van der Waals surface area (Å²) in [6.45, 7) is 2.62. The smallest absolute Gasteiger partial charge is 0.176 e. The number of para-hydroxylation sites is 1. The highest BCUT2D eigenvalue weighted by Gasteiger charge is 2.20. The number of rotatable bonds is 4. The number of imidazole rings is 1. The molecular formula is C20H18N6O. The van der Waals surface area contributed by atoms with Crippen LogP contribution < -0.4 is 4.74 Å². The van der Waals surface area contributed by atoms with Crippen LogP contribution in [0.1, 0.15) is 18.3 Å². The molecule has 1 aliphatic heterocycles. The van der Waals surface area contributed by atoms with Crippen molar-refractivity contribution in [2.75, 3.05) is 0 Å². The molecule has 0 fully saturated rings. The number of ether oxygens (including phenoxy) is 1. The van der Waals surface area contributed by atoms with E-state index in [4.69, 9.17) is 4.74 Å². The third-order valence-corrected chi connectivity index (χ3v) is 4.72. The first kappa shape index (κ1) is 15.7. The topological polar surface area (TPSA) is 70.7 Å². The van der Waals surface area contributed by atoms with Gasteiger partial charge in [-0.15, -0.1) is 5.10 Å². The first-order valence-corrected chi connectivity index (χ1v) is 8.92. The van der Waals surface area contributed by atoms with Gasteiger partial charge in [-0.3, -0.25) is 0 Å².